The second kappa shape index (κ2) is 4.22. The SMILES string of the molecule is Cc1noc2cnc(NCCCN)nc12. The molecule has 2 aromatic heterocycles. The summed E-state index contributed by atoms with van der Waals surface area (Å²) in [5, 5.41) is 6.89. The van der Waals surface area contributed by atoms with Crippen LogP contribution in [-0.4, -0.2) is 28.2 Å². The maximum absolute atomic E-state index is 5.38. The van der Waals surface area contributed by atoms with Gasteiger partial charge in [-0.1, -0.05) is 5.16 Å². The first-order valence-electron chi connectivity index (χ1n) is 4.84. The van der Waals surface area contributed by atoms with E-state index in [1.54, 1.807) is 6.20 Å². The molecule has 2 heterocycles. The fourth-order valence-corrected chi connectivity index (χ4v) is 1.25. The summed E-state index contributed by atoms with van der Waals surface area (Å²) in [5.74, 6) is 0.585. The Bertz CT molecular complexity index is 453. The first-order valence-corrected chi connectivity index (χ1v) is 4.84. The molecule has 0 atom stereocenters. The first kappa shape index (κ1) is 9.85. The quantitative estimate of drug-likeness (QED) is 0.717. The number of nitrogens with one attached hydrogen (secondary N) is 1. The van der Waals surface area contributed by atoms with Crippen LogP contribution in [0.2, 0.25) is 0 Å². The Kier molecular flexibility index (Phi) is 2.77. The zero-order valence-corrected chi connectivity index (χ0v) is 8.53. The van der Waals surface area contributed by atoms with E-state index in [0.29, 0.717) is 18.1 Å². The number of fused-ring (bicyclic) bond motifs is 1. The topological polar surface area (TPSA) is 89.9 Å². The normalized spacial score (nSPS) is 10.8. The Morgan fingerprint density at radius 2 is 2.40 bits per heavy atom. The smallest absolute Gasteiger partial charge is 0.223 e. The van der Waals surface area contributed by atoms with Crippen molar-refractivity contribution in [3.05, 3.63) is 11.9 Å². The Hall–Kier alpha value is -1.69. The molecule has 6 nitrogen and oxygen atoms in total. The lowest BCUT2D eigenvalue weighted by Gasteiger charge is -2.01. The Labute approximate surface area is 86.9 Å². The number of aryl methyl sites for hydroxylation is 1. The van der Waals surface area contributed by atoms with Gasteiger partial charge in [-0.05, 0) is 19.9 Å². The average molecular weight is 207 g/mol. The molecule has 6 heteroatoms. The van der Waals surface area contributed by atoms with Crippen LogP contribution in [0, 0.1) is 6.92 Å². The van der Waals surface area contributed by atoms with Crippen LogP contribution in [0.1, 0.15) is 12.1 Å². The Morgan fingerprint density at radius 1 is 1.53 bits per heavy atom. The standard InChI is InChI=1S/C9H13N5O/c1-6-8-7(15-14-6)5-12-9(13-8)11-4-2-3-10/h5H,2-4,10H2,1H3,(H,11,12,13). The number of rotatable bonds is 4. The van der Waals surface area contributed by atoms with Gasteiger partial charge in [0.1, 0.15) is 11.2 Å². The summed E-state index contributed by atoms with van der Waals surface area (Å²) in [5.41, 5.74) is 7.52. The van der Waals surface area contributed by atoms with Crippen molar-refractivity contribution in [2.24, 2.45) is 5.73 Å². The lowest BCUT2D eigenvalue weighted by atomic mass is 10.4. The lowest BCUT2D eigenvalue weighted by molar-refractivity contribution is 0.449. The highest BCUT2D eigenvalue weighted by Gasteiger charge is 2.06. The van der Waals surface area contributed by atoms with E-state index >= 15 is 0 Å². The second-order valence-electron chi connectivity index (χ2n) is 3.24. The van der Waals surface area contributed by atoms with Gasteiger partial charge >= 0.3 is 0 Å². The molecule has 15 heavy (non-hydrogen) atoms. The minimum Gasteiger partial charge on any atom is -0.354 e. The summed E-state index contributed by atoms with van der Waals surface area (Å²) in [4.78, 5) is 8.38. The highest BCUT2D eigenvalue weighted by Crippen LogP contribution is 2.15. The molecule has 0 aliphatic rings. The van der Waals surface area contributed by atoms with Gasteiger partial charge < -0.3 is 15.6 Å². The van der Waals surface area contributed by atoms with Crippen molar-refractivity contribution in [1.29, 1.82) is 0 Å². The first-order chi connectivity index (χ1) is 7.31. The summed E-state index contributed by atoms with van der Waals surface area (Å²) in [6.07, 6.45) is 2.51. The average Bonchev–Trinajstić information content (AvgIpc) is 2.61. The molecule has 80 valence electrons. The predicted octanol–water partition coefficient (Wildman–Crippen LogP) is 0.687. The zero-order chi connectivity index (χ0) is 10.7. The van der Waals surface area contributed by atoms with E-state index in [0.717, 1.165) is 24.2 Å². The van der Waals surface area contributed by atoms with E-state index in [1.165, 1.54) is 0 Å². The van der Waals surface area contributed by atoms with Crippen LogP contribution in [0.5, 0.6) is 0 Å². The van der Waals surface area contributed by atoms with Gasteiger partial charge in [0.15, 0.2) is 0 Å². The molecule has 0 unspecified atom stereocenters. The highest BCUT2D eigenvalue weighted by molar-refractivity contribution is 5.74. The number of anilines is 1. The molecule has 0 aromatic carbocycles. The van der Waals surface area contributed by atoms with Crippen molar-refractivity contribution in [2.45, 2.75) is 13.3 Å². The van der Waals surface area contributed by atoms with Gasteiger partial charge in [0.2, 0.25) is 11.5 Å². The maximum atomic E-state index is 5.38. The van der Waals surface area contributed by atoms with Crippen molar-refractivity contribution in [3.63, 3.8) is 0 Å². The van der Waals surface area contributed by atoms with Crippen molar-refractivity contribution < 1.29 is 4.52 Å². The van der Waals surface area contributed by atoms with Crippen LogP contribution in [0.15, 0.2) is 10.7 Å². The molecule has 0 saturated carbocycles. The molecule has 0 radical (unpaired) electrons. The van der Waals surface area contributed by atoms with E-state index in [-0.39, 0.29) is 0 Å². The largest absolute Gasteiger partial charge is 0.354 e. The molecular weight excluding hydrogens is 194 g/mol. The third-order valence-corrected chi connectivity index (χ3v) is 2.04. The van der Waals surface area contributed by atoms with Crippen LogP contribution in [0.3, 0.4) is 0 Å². The zero-order valence-electron chi connectivity index (χ0n) is 8.53. The molecule has 0 bridgehead atoms. The number of hydrogen-bond acceptors (Lipinski definition) is 6. The van der Waals surface area contributed by atoms with Crippen LogP contribution >= 0.6 is 0 Å². The van der Waals surface area contributed by atoms with E-state index in [1.807, 2.05) is 6.92 Å². The van der Waals surface area contributed by atoms with Crippen LogP contribution in [0.25, 0.3) is 11.1 Å². The second-order valence-corrected chi connectivity index (χ2v) is 3.24. The molecule has 0 fully saturated rings. The number of nitrogens with two attached hydrogens (primary N) is 1. The molecule has 0 spiro atoms. The minimum absolute atomic E-state index is 0.585. The number of aromatic nitrogens is 3. The molecule has 2 rings (SSSR count). The van der Waals surface area contributed by atoms with Gasteiger partial charge in [0, 0.05) is 6.54 Å². The van der Waals surface area contributed by atoms with Gasteiger partial charge in [-0.3, -0.25) is 0 Å². The molecule has 0 aliphatic heterocycles. The summed E-state index contributed by atoms with van der Waals surface area (Å²) in [6.45, 7) is 3.27. The van der Waals surface area contributed by atoms with Crippen LogP contribution < -0.4 is 11.1 Å². The third kappa shape index (κ3) is 2.04. The molecule has 0 amide bonds. The van der Waals surface area contributed by atoms with Crippen molar-refractivity contribution in [3.8, 4) is 0 Å². The number of hydrogen-bond donors (Lipinski definition) is 2. The van der Waals surface area contributed by atoms with Crippen LogP contribution in [-0.2, 0) is 0 Å². The molecule has 3 N–H and O–H groups in total. The molecule has 0 aliphatic carbocycles. The summed E-state index contributed by atoms with van der Waals surface area (Å²) < 4.78 is 5.01. The van der Waals surface area contributed by atoms with Crippen molar-refractivity contribution in [2.75, 3.05) is 18.4 Å². The minimum atomic E-state index is 0.585. The lowest BCUT2D eigenvalue weighted by Crippen LogP contribution is -2.10. The van der Waals surface area contributed by atoms with Crippen molar-refractivity contribution in [1.82, 2.24) is 15.1 Å². The fraction of sp³-hybridized carbons (Fsp3) is 0.444. The van der Waals surface area contributed by atoms with E-state index in [9.17, 15) is 0 Å². The van der Waals surface area contributed by atoms with Gasteiger partial charge in [-0.25, -0.2) is 9.97 Å². The van der Waals surface area contributed by atoms with Gasteiger partial charge in [-0.15, -0.1) is 0 Å². The monoisotopic (exact) mass is 207 g/mol. The van der Waals surface area contributed by atoms with E-state index < -0.39 is 0 Å². The summed E-state index contributed by atoms with van der Waals surface area (Å²) in [7, 11) is 0. The molecule has 2 aromatic rings. The Morgan fingerprint density at radius 3 is 3.20 bits per heavy atom. The Balaban J connectivity index is 2.18. The van der Waals surface area contributed by atoms with Gasteiger partial charge in [-0.2, -0.15) is 0 Å². The predicted molar refractivity (Wildman–Crippen MR) is 56.5 cm³/mol. The van der Waals surface area contributed by atoms with Gasteiger partial charge in [0.25, 0.3) is 0 Å². The molecular formula is C9H13N5O. The third-order valence-electron chi connectivity index (χ3n) is 2.04. The van der Waals surface area contributed by atoms with Gasteiger partial charge in [0.05, 0.1) is 6.20 Å². The van der Waals surface area contributed by atoms with Crippen molar-refractivity contribution >= 4 is 17.0 Å². The summed E-state index contributed by atoms with van der Waals surface area (Å²) in [6, 6.07) is 0. The molecule has 0 saturated heterocycles. The van der Waals surface area contributed by atoms with E-state index in [4.69, 9.17) is 10.3 Å². The highest BCUT2D eigenvalue weighted by atomic mass is 16.5. The fourth-order valence-electron chi connectivity index (χ4n) is 1.25. The maximum Gasteiger partial charge on any atom is 0.223 e. The summed E-state index contributed by atoms with van der Waals surface area (Å²) >= 11 is 0. The van der Waals surface area contributed by atoms with E-state index in [2.05, 4.69) is 20.4 Å². The van der Waals surface area contributed by atoms with Crippen LogP contribution in [0.4, 0.5) is 5.95 Å². The number of nitrogens with zero attached hydrogens (tertiary/aromatic N) is 3.